The molecule has 0 aliphatic heterocycles. The van der Waals surface area contributed by atoms with Crippen molar-refractivity contribution in [3.05, 3.63) is 0 Å². The molecular formula is C8H18N2O. The summed E-state index contributed by atoms with van der Waals surface area (Å²) in [7, 11) is 1.68. The van der Waals surface area contributed by atoms with Crippen LogP contribution in [0, 0.1) is 0 Å². The molecule has 3 heteroatoms. The number of nitrogens with one attached hydrogen (secondary N) is 1. The van der Waals surface area contributed by atoms with E-state index in [1.165, 1.54) is 12.8 Å². The van der Waals surface area contributed by atoms with E-state index >= 15 is 0 Å². The first-order valence-electron chi connectivity index (χ1n) is 4.16. The van der Waals surface area contributed by atoms with Crippen LogP contribution >= 0.6 is 0 Å². The van der Waals surface area contributed by atoms with Crippen LogP contribution < -0.4 is 11.1 Å². The van der Waals surface area contributed by atoms with Gasteiger partial charge < -0.3 is 15.8 Å². The molecule has 1 aliphatic rings. The fourth-order valence-corrected chi connectivity index (χ4v) is 1.01. The van der Waals surface area contributed by atoms with E-state index in [1.54, 1.807) is 7.11 Å². The van der Waals surface area contributed by atoms with Crippen molar-refractivity contribution in [3.8, 4) is 0 Å². The monoisotopic (exact) mass is 158 g/mol. The molecule has 11 heavy (non-hydrogen) atoms. The Bertz CT molecular complexity index is 123. The van der Waals surface area contributed by atoms with E-state index in [-0.39, 0.29) is 6.04 Å². The van der Waals surface area contributed by atoms with E-state index in [4.69, 9.17) is 10.5 Å². The average molecular weight is 158 g/mol. The van der Waals surface area contributed by atoms with Crippen molar-refractivity contribution in [2.24, 2.45) is 5.73 Å². The Hall–Kier alpha value is -0.120. The second kappa shape index (κ2) is 3.52. The summed E-state index contributed by atoms with van der Waals surface area (Å²) >= 11 is 0. The Kier molecular flexibility index (Phi) is 2.87. The van der Waals surface area contributed by atoms with Crippen molar-refractivity contribution in [1.82, 2.24) is 5.32 Å². The van der Waals surface area contributed by atoms with E-state index in [0.29, 0.717) is 12.1 Å². The van der Waals surface area contributed by atoms with E-state index in [1.807, 2.05) is 0 Å². The van der Waals surface area contributed by atoms with Gasteiger partial charge in [0.25, 0.3) is 0 Å². The smallest absolute Gasteiger partial charge is 0.0626 e. The van der Waals surface area contributed by atoms with Gasteiger partial charge in [-0.3, -0.25) is 0 Å². The molecule has 1 rings (SSSR count). The molecule has 3 N–H and O–H groups in total. The molecule has 0 aromatic rings. The molecule has 0 radical (unpaired) electrons. The molecular weight excluding hydrogens is 140 g/mol. The standard InChI is InChI=1S/C8H18N2O/c1-8(3-4-8)10-5-7(9)6-11-2/h7,10H,3-6,9H2,1-2H3. The van der Waals surface area contributed by atoms with Gasteiger partial charge in [-0.2, -0.15) is 0 Å². The topological polar surface area (TPSA) is 47.3 Å². The zero-order valence-electron chi connectivity index (χ0n) is 7.39. The lowest BCUT2D eigenvalue weighted by Gasteiger charge is -2.15. The van der Waals surface area contributed by atoms with E-state index in [2.05, 4.69) is 12.2 Å². The van der Waals surface area contributed by atoms with Crippen molar-refractivity contribution in [3.63, 3.8) is 0 Å². The van der Waals surface area contributed by atoms with Crippen LogP contribution in [0.25, 0.3) is 0 Å². The molecule has 0 saturated heterocycles. The molecule has 0 spiro atoms. The van der Waals surface area contributed by atoms with Crippen LogP contribution in [0.3, 0.4) is 0 Å². The molecule has 1 aliphatic carbocycles. The zero-order chi connectivity index (χ0) is 8.32. The summed E-state index contributed by atoms with van der Waals surface area (Å²) in [6, 6.07) is 0.137. The van der Waals surface area contributed by atoms with Gasteiger partial charge in [0.05, 0.1) is 6.61 Å². The van der Waals surface area contributed by atoms with Crippen LogP contribution in [0.15, 0.2) is 0 Å². The predicted octanol–water partition coefficient (Wildman–Crippen LogP) is 0.102. The molecule has 0 bridgehead atoms. The second-order valence-corrected chi connectivity index (χ2v) is 3.66. The number of rotatable bonds is 5. The van der Waals surface area contributed by atoms with Gasteiger partial charge in [-0.25, -0.2) is 0 Å². The van der Waals surface area contributed by atoms with Crippen molar-refractivity contribution in [1.29, 1.82) is 0 Å². The molecule has 66 valence electrons. The minimum atomic E-state index is 0.137. The summed E-state index contributed by atoms with van der Waals surface area (Å²) in [5.41, 5.74) is 6.13. The largest absolute Gasteiger partial charge is 0.383 e. The highest BCUT2D eigenvalue weighted by Crippen LogP contribution is 2.33. The van der Waals surface area contributed by atoms with Gasteiger partial charge in [-0.05, 0) is 19.8 Å². The molecule has 0 heterocycles. The third-order valence-corrected chi connectivity index (χ3v) is 2.17. The van der Waals surface area contributed by atoms with Gasteiger partial charge in [0.15, 0.2) is 0 Å². The minimum absolute atomic E-state index is 0.137. The third kappa shape index (κ3) is 3.18. The minimum Gasteiger partial charge on any atom is -0.383 e. The van der Waals surface area contributed by atoms with Crippen LogP contribution in [0.1, 0.15) is 19.8 Å². The number of hydrogen-bond acceptors (Lipinski definition) is 3. The maximum atomic E-state index is 5.73. The SMILES string of the molecule is COCC(N)CNC1(C)CC1. The highest BCUT2D eigenvalue weighted by Gasteiger charge is 2.36. The van der Waals surface area contributed by atoms with Gasteiger partial charge >= 0.3 is 0 Å². The first-order valence-corrected chi connectivity index (χ1v) is 4.16. The number of ether oxygens (including phenoxy) is 1. The normalized spacial score (nSPS) is 23.2. The van der Waals surface area contributed by atoms with Gasteiger partial charge in [-0.1, -0.05) is 0 Å². The predicted molar refractivity (Wildman–Crippen MR) is 45.5 cm³/mol. The lowest BCUT2D eigenvalue weighted by molar-refractivity contribution is 0.177. The zero-order valence-corrected chi connectivity index (χ0v) is 7.39. The first-order chi connectivity index (χ1) is 5.16. The van der Waals surface area contributed by atoms with E-state index in [9.17, 15) is 0 Å². The summed E-state index contributed by atoms with van der Waals surface area (Å²) in [5.74, 6) is 0. The summed E-state index contributed by atoms with van der Waals surface area (Å²) in [6.45, 7) is 3.74. The van der Waals surface area contributed by atoms with Gasteiger partial charge in [0.2, 0.25) is 0 Å². The number of nitrogens with two attached hydrogens (primary N) is 1. The Morgan fingerprint density at radius 3 is 2.73 bits per heavy atom. The van der Waals surface area contributed by atoms with Crippen molar-refractivity contribution >= 4 is 0 Å². The van der Waals surface area contributed by atoms with E-state index in [0.717, 1.165) is 6.54 Å². The molecule has 1 atom stereocenters. The Balaban J connectivity index is 2.01. The van der Waals surface area contributed by atoms with Crippen molar-refractivity contribution < 1.29 is 4.74 Å². The second-order valence-electron chi connectivity index (χ2n) is 3.66. The molecule has 1 fully saturated rings. The maximum absolute atomic E-state index is 5.73. The van der Waals surface area contributed by atoms with Crippen LogP contribution in [-0.4, -0.2) is 31.8 Å². The highest BCUT2D eigenvalue weighted by atomic mass is 16.5. The average Bonchev–Trinajstić information content (AvgIpc) is 2.66. The highest BCUT2D eigenvalue weighted by molar-refractivity contribution is 4.97. The quantitative estimate of drug-likeness (QED) is 0.596. The first kappa shape index (κ1) is 8.97. The lowest BCUT2D eigenvalue weighted by atomic mass is 10.2. The van der Waals surface area contributed by atoms with E-state index < -0.39 is 0 Å². The van der Waals surface area contributed by atoms with Crippen LogP contribution in [0.4, 0.5) is 0 Å². The Morgan fingerprint density at radius 2 is 2.27 bits per heavy atom. The van der Waals surface area contributed by atoms with Crippen LogP contribution in [0.5, 0.6) is 0 Å². The molecule has 3 nitrogen and oxygen atoms in total. The molecule has 1 unspecified atom stereocenters. The van der Waals surface area contributed by atoms with Crippen molar-refractivity contribution in [2.45, 2.75) is 31.3 Å². The van der Waals surface area contributed by atoms with Gasteiger partial charge in [0.1, 0.15) is 0 Å². The third-order valence-electron chi connectivity index (χ3n) is 2.17. The van der Waals surface area contributed by atoms with Crippen LogP contribution in [0.2, 0.25) is 0 Å². The van der Waals surface area contributed by atoms with Gasteiger partial charge in [-0.15, -0.1) is 0 Å². The fraction of sp³-hybridized carbons (Fsp3) is 1.00. The molecule has 0 aromatic carbocycles. The van der Waals surface area contributed by atoms with Crippen LogP contribution in [-0.2, 0) is 4.74 Å². The van der Waals surface area contributed by atoms with Crippen molar-refractivity contribution in [2.75, 3.05) is 20.3 Å². The fourth-order valence-electron chi connectivity index (χ4n) is 1.01. The molecule has 0 aromatic heterocycles. The Morgan fingerprint density at radius 1 is 1.64 bits per heavy atom. The summed E-state index contributed by atoms with van der Waals surface area (Å²) in [4.78, 5) is 0. The summed E-state index contributed by atoms with van der Waals surface area (Å²) in [5, 5.41) is 3.41. The Labute approximate surface area is 68.3 Å². The molecule has 0 amide bonds. The molecule has 1 saturated carbocycles. The van der Waals surface area contributed by atoms with Gasteiger partial charge in [0, 0.05) is 25.2 Å². The number of hydrogen-bond donors (Lipinski definition) is 2. The summed E-state index contributed by atoms with van der Waals surface area (Å²) < 4.78 is 4.92. The summed E-state index contributed by atoms with van der Waals surface area (Å²) in [6.07, 6.45) is 2.57. The maximum Gasteiger partial charge on any atom is 0.0626 e. The lowest BCUT2D eigenvalue weighted by Crippen LogP contribution is -2.41. The number of methoxy groups -OCH3 is 1.